The third-order valence-electron chi connectivity index (χ3n) is 6.76. The number of rotatable bonds is 14. The van der Waals surface area contributed by atoms with Gasteiger partial charge in [0.05, 0.1) is 23.3 Å². The Morgan fingerprint density at radius 2 is 1.90 bits per heavy atom. The number of aliphatic hydroxyl groups excluding tert-OH is 2. The van der Waals surface area contributed by atoms with Gasteiger partial charge < -0.3 is 34.7 Å². The average molecular weight is 697 g/mol. The number of nitrogens with one attached hydrogen (secondary N) is 1. The van der Waals surface area contributed by atoms with E-state index in [0.29, 0.717) is 27.4 Å². The van der Waals surface area contributed by atoms with Crippen LogP contribution in [-0.2, 0) is 20.9 Å². The Hall–Kier alpha value is -3.36. The molecule has 10 nitrogen and oxygen atoms in total. The molecule has 0 saturated carbocycles. The van der Waals surface area contributed by atoms with Gasteiger partial charge in [0.25, 0.3) is 0 Å². The minimum atomic E-state index is -1.32. The first-order valence-electron chi connectivity index (χ1n) is 13.4. The SMILES string of the molecule is COc1cc(C=O)cc(I)c1O[C@H]1C=C(C(=O)NCCO)C[C@@H](N(Cc2ccc(F)cc2)C(=O)CCCC(C)=O)[C@@H]1O. The number of ether oxygens (including phenoxy) is 2. The minimum Gasteiger partial charge on any atom is -0.493 e. The van der Waals surface area contributed by atoms with Gasteiger partial charge in [-0.2, -0.15) is 0 Å². The summed E-state index contributed by atoms with van der Waals surface area (Å²) in [6, 6.07) is 7.71. The topological polar surface area (TPSA) is 142 Å². The number of carbonyl (C=O) groups excluding carboxylic acids is 4. The van der Waals surface area contributed by atoms with Crippen LogP contribution >= 0.6 is 22.6 Å². The predicted molar refractivity (Wildman–Crippen MR) is 160 cm³/mol. The highest BCUT2D eigenvalue weighted by molar-refractivity contribution is 14.1. The molecular formula is C30H34FIN2O8. The molecule has 0 bridgehead atoms. The van der Waals surface area contributed by atoms with Crippen molar-refractivity contribution >= 4 is 46.5 Å². The normalized spacial score (nSPS) is 18.0. The van der Waals surface area contributed by atoms with Crippen molar-refractivity contribution in [1.29, 1.82) is 0 Å². The lowest BCUT2D eigenvalue weighted by molar-refractivity contribution is -0.139. The van der Waals surface area contributed by atoms with E-state index in [2.05, 4.69) is 5.32 Å². The highest BCUT2D eigenvalue weighted by atomic mass is 127. The molecule has 0 heterocycles. The van der Waals surface area contributed by atoms with Crippen LogP contribution in [0.3, 0.4) is 0 Å². The first-order chi connectivity index (χ1) is 20.1. The third kappa shape index (κ3) is 8.82. The van der Waals surface area contributed by atoms with Crippen molar-refractivity contribution in [2.75, 3.05) is 20.3 Å². The van der Waals surface area contributed by atoms with Crippen LogP contribution in [0.1, 0.15) is 48.5 Å². The van der Waals surface area contributed by atoms with Crippen molar-refractivity contribution in [3.05, 3.63) is 68.6 Å². The molecule has 0 aromatic heterocycles. The van der Waals surface area contributed by atoms with Crippen LogP contribution in [0.25, 0.3) is 0 Å². The molecule has 3 N–H and O–H groups in total. The summed E-state index contributed by atoms with van der Waals surface area (Å²) < 4.78 is 25.8. The smallest absolute Gasteiger partial charge is 0.247 e. The molecule has 0 spiro atoms. The lowest BCUT2D eigenvalue weighted by Gasteiger charge is -2.41. The van der Waals surface area contributed by atoms with Gasteiger partial charge in [0.15, 0.2) is 11.5 Å². The standard InChI is InChI=1S/C30H34FIN2O8/c1-18(37)4-3-5-27(38)34(16-19-6-8-22(31)9-7-19)24-14-21(30(40)33-10-11-35)15-25(28(24)39)42-29-23(32)12-20(17-36)13-26(29)41-2/h6-9,12-13,15,17,24-25,28,35,39H,3-5,10-11,14,16H2,1-2H3,(H,33,40)/t24-,25+,28+/m1/s1. The van der Waals surface area contributed by atoms with Gasteiger partial charge in [-0.1, -0.05) is 12.1 Å². The number of nitrogens with zero attached hydrogens (tertiary/aromatic N) is 1. The van der Waals surface area contributed by atoms with E-state index in [9.17, 15) is 33.8 Å². The summed E-state index contributed by atoms with van der Waals surface area (Å²) in [6.07, 6.45) is 0.183. The zero-order valence-electron chi connectivity index (χ0n) is 23.3. The number of halogens is 2. The predicted octanol–water partition coefficient (Wildman–Crippen LogP) is 2.96. The molecule has 0 fully saturated rings. The second-order valence-electron chi connectivity index (χ2n) is 9.87. The van der Waals surface area contributed by atoms with Crippen LogP contribution in [0.15, 0.2) is 48.0 Å². The maximum atomic E-state index is 13.6. The lowest BCUT2D eigenvalue weighted by Crippen LogP contribution is -2.54. The van der Waals surface area contributed by atoms with Gasteiger partial charge in [0.2, 0.25) is 11.8 Å². The van der Waals surface area contributed by atoms with Crippen molar-refractivity contribution in [2.24, 2.45) is 0 Å². The van der Waals surface area contributed by atoms with Crippen LogP contribution in [0.4, 0.5) is 4.39 Å². The molecule has 0 saturated heterocycles. The molecule has 0 aliphatic heterocycles. The number of amides is 2. The summed E-state index contributed by atoms with van der Waals surface area (Å²) in [7, 11) is 1.40. The molecule has 2 aromatic carbocycles. The van der Waals surface area contributed by atoms with Crippen molar-refractivity contribution in [3.63, 3.8) is 0 Å². The van der Waals surface area contributed by atoms with Gasteiger partial charge in [-0.05, 0) is 71.8 Å². The van der Waals surface area contributed by atoms with Crippen LogP contribution in [0.2, 0.25) is 0 Å². The molecule has 1 aliphatic rings. The first kappa shape index (κ1) is 33.1. The summed E-state index contributed by atoms with van der Waals surface area (Å²) in [5, 5.41) is 23.4. The van der Waals surface area contributed by atoms with Crippen molar-refractivity contribution in [2.45, 2.75) is 57.4 Å². The number of hydrogen-bond donors (Lipinski definition) is 3. The summed E-state index contributed by atoms with van der Waals surface area (Å²) in [4.78, 5) is 50.9. The number of Topliss-reactive ketones (excluding diaryl/α,β-unsaturated/α-hetero) is 1. The lowest BCUT2D eigenvalue weighted by atomic mass is 9.87. The van der Waals surface area contributed by atoms with Crippen molar-refractivity contribution < 1.29 is 43.3 Å². The van der Waals surface area contributed by atoms with E-state index in [1.807, 2.05) is 22.6 Å². The number of benzene rings is 2. The zero-order chi connectivity index (χ0) is 30.8. The van der Waals surface area contributed by atoms with E-state index in [4.69, 9.17) is 9.47 Å². The minimum absolute atomic E-state index is 0.00291. The molecule has 2 aromatic rings. The molecule has 0 radical (unpaired) electrons. The fourth-order valence-corrected chi connectivity index (χ4v) is 5.40. The van der Waals surface area contributed by atoms with E-state index in [1.54, 1.807) is 6.07 Å². The monoisotopic (exact) mass is 696 g/mol. The van der Waals surface area contributed by atoms with Gasteiger partial charge in [0.1, 0.15) is 30.1 Å². The highest BCUT2D eigenvalue weighted by Gasteiger charge is 2.41. The Morgan fingerprint density at radius 1 is 1.19 bits per heavy atom. The Morgan fingerprint density at radius 3 is 2.52 bits per heavy atom. The number of ketones is 1. The van der Waals surface area contributed by atoms with Gasteiger partial charge >= 0.3 is 0 Å². The zero-order valence-corrected chi connectivity index (χ0v) is 25.5. The molecule has 1 aliphatic carbocycles. The van der Waals surface area contributed by atoms with E-state index in [0.717, 1.165) is 0 Å². The number of methoxy groups -OCH3 is 1. The summed E-state index contributed by atoms with van der Waals surface area (Å²) in [5.74, 6) is -0.895. The molecule has 12 heteroatoms. The Balaban J connectivity index is 2.03. The maximum Gasteiger partial charge on any atom is 0.247 e. The molecular weight excluding hydrogens is 662 g/mol. The van der Waals surface area contributed by atoms with Crippen LogP contribution < -0.4 is 14.8 Å². The van der Waals surface area contributed by atoms with Crippen LogP contribution in [-0.4, -0.2) is 77.5 Å². The molecule has 226 valence electrons. The molecule has 0 unspecified atom stereocenters. The third-order valence-corrected chi connectivity index (χ3v) is 7.56. The maximum absolute atomic E-state index is 13.6. The van der Waals surface area contributed by atoms with Crippen LogP contribution in [0.5, 0.6) is 11.5 Å². The highest BCUT2D eigenvalue weighted by Crippen LogP contribution is 2.37. The Kier molecular flexibility index (Phi) is 12.4. The van der Waals surface area contributed by atoms with E-state index < -0.39 is 30.0 Å². The fraction of sp³-hybridized carbons (Fsp3) is 0.400. The first-order valence-corrected chi connectivity index (χ1v) is 14.5. The van der Waals surface area contributed by atoms with E-state index in [-0.39, 0.29) is 67.7 Å². The summed E-state index contributed by atoms with van der Waals surface area (Å²) >= 11 is 1.97. The number of aldehydes is 1. The fourth-order valence-electron chi connectivity index (χ4n) is 4.65. The quantitative estimate of drug-likeness (QED) is 0.202. The number of aliphatic hydroxyl groups is 2. The number of carbonyl (C=O) groups is 4. The van der Waals surface area contributed by atoms with Crippen molar-refractivity contribution in [3.8, 4) is 11.5 Å². The van der Waals surface area contributed by atoms with Gasteiger partial charge in [-0.25, -0.2) is 4.39 Å². The van der Waals surface area contributed by atoms with Gasteiger partial charge in [-0.15, -0.1) is 0 Å². The van der Waals surface area contributed by atoms with Crippen molar-refractivity contribution in [1.82, 2.24) is 10.2 Å². The average Bonchev–Trinajstić information content (AvgIpc) is 2.97. The van der Waals surface area contributed by atoms with Gasteiger partial charge in [-0.3, -0.25) is 14.4 Å². The summed E-state index contributed by atoms with van der Waals surface area (Å²) in [6.45, 7) is 1.16. The second-order valence-corrected chi connectivity index (χ2v) is 11.0. The number of hydrogen-bond acceptors (Lipinski definition) is 8. The van der Waals surface area contributed by atoms with E-state index in [1.165, 1.54) is 55.3 Å². The summed E-state index contributed by atoms with van der Waals surface area (Å²) in [5.41, 5.74) is 1.18. The Labute approximate surface area is 257 Å². The van der Waals surface area contributed by atoms with Gasteiger partial charge in [0, 0.05) is 43.5 Å². The molecule has 2 amide bonds. The molecule has 3 atom stereocenters. The largest absolute Gasteiger partial charge is 0.493 e. The Bertz CT molecular complexity index is 1320. The van der Waals surface area contributed by atoms with Crippen LogP contribution in [0, 0.1) is 9.39 Å². The second kappa shape index (κ2) is 15.8. The van der Waals surface area contributed by atoms with E-state index >= 15 is 0 Å². The molecule has 42 heavy (non-hydrogen) atoms. The molecule has 3 rings (SSSR count).